The molecule has 126 valence electrons. The van der Waals surface area contributed by atoms with Crippen LogP contribution < -0.4 is 5.73 Å². The van der Waals surface area contributed by atoms with Crippen LogP contribution in [0.25, 0.3) is 27.6 Å². The molecule has 0 amide bonds. The molecule has 4 rings (SSSR count). The Bertz CT molecular complexity index is 1070. The zero-order valence-corrected chi connectivity index (χ0v) is 15.1. The van der Waals surface area contributed by atoms with Crippen molar-refractivity contribution in [1.82, 2.24) is 0 Å². The molecule has 2 heteroatoms. The van der Waals surface area contributed by atoms with Gasteiger partial charge in [-0.3, -0.25) is 0 Å². The van der Waals surface area contributed by atoms with E-state index in [-0.39, 0.29) is 0 Å². The molecule has 0 bridgehead atoms. The number of nitrogens with two attached hydrogens (primary N) is 1. The van der Waals surface area contributed by atoms with Crippen molar-refractivity contribution in [2.75, 3.05) is 0 Å². The van der Waals surface area contributed by atoms with Crippen LogP contribution in [0.3, 0.4) is 0 Å². The fraction of sp³-hybridized carbons (Fsp3) is 0. The second-order valence-corrected chi connectivity index (χ2v) is 7.09. The highest BCUT2D eigenvalue weighted by atomic mass is 32.2. The number of hydrogen-bond donors (Lipinski definition) is 1. The van der Waals surface area contributed by atoms with Gasteiger partial charge in [-0.15, -0.1) is 0 Å². The maximum absolute atomic E-state index is 6.32. The lowest BCUT2D eigenvalue weighted by atomic mass is 9.99. The molecule has 26 heavy (non-hydrogen) atoms. The largest absolute Gasteiger partial charge is 0.398 e. The molecule has 0 heterocycles. The van der Waals surface area contributed by atoms with E-state index in [1.165, 1.54) is 26.8 Å². The van der Waals surface area contributed by atoms with Crippen molar-refractivity contribution in [2.24, 2.45) is 5.73 Å². The van der Waals surface area contributed by atoms with E-state index in [4.69, 9.17) is 5.73 Å². The zero-order valence-electron chi connectivity index (χ0n) is 14.3. The van der Waals surface area contributed by atoms with Crippen molar-refractivity contribution in [3.8, 4) is 11.1 Å². The van der Waals surface area contributed by atoms with Crippen LogP contribution >= 0.6 is 11.8 Å². The van der Waals surface area contributed by atoms with Crippen molar-refractivity contribution >= 4 is 28.2 Å². The average Bonchev–Trinajstić information content (AvgIpc) is 2.72. The van der Waals surface area contributed by atoms with Crippen LogP contribution in [0.2, 0.25) is 0 Å². The van der Waals surface area contributed by atoms with Gasteiger partial charge in [-0.25, -0.2) is 0 Å². The van der Waals surface area contributed by atoms with E-state index < -0.39 is 0 Å². The first-order chi connectivity index (χ1) is 12.8. The summed E-state index contributed by atoms with van der Waals surface area (Å²) in [5, 5.41) is 4.51. The minimum Gasteiger partial charge on any atom is -0.398 e. The molecule has 2 N–H and O–H groups in total. The summed E-state index contributed by atoms with van der Waals surface area (Å²) >= 11 is 1.64. The molecule has 0 unspecified atom stereocenters. The SMILES string of the molecule is N/C(=C\Sc1ccccc1)c1cccc(-c2ccc3ccccc3c2)c1. The molecule has 0 radical (unpaired) electrons. The highest BCUT2D eigenvalue weighted by Gasteiger charge is 2.03. The van der Waals surface area contributed by atoms with Crippen molar-refractivity contribution in [3.05, 3.63) is 108 Å². The number of thioether (sulfide) groups is 1. The first kappa shape index (κ1) is 16.5. The zero-order chi connectivity index (χ0) is 17.8. The number of benzene rings is 4. The first-order valence-electron chi connectivity index (χ1n) is 8.56. The quantitative estimate of drug-likeness (QED) is 0.421. The Labute approximate surface area is 158 Å². The van der Waals surface area contributed by atoms with Crippen LogP contribution in [0, 0.1) is 0 Å². The molecule has 0 aromatic heterocycles. The molecular formula is C24H19NS. The monoisotopic (exact) mass is 353 g/mol. The molecule has 0 aliphatic carbocycles. The third-order valence-corrected chi connectivity index (χ3v) is 5.26. The van der Waals surface area contributed by atoms with E-state index in [9.17, 15) is 0 Å². The van der Waals surface area contributed by atoms with E-state index in [1.807, 2.05) is 23.6 Å². The van der Waals surface area contributed by atoms with Crippen LogP contribution in [-0.2, 0) is 0 Å². The lowest BCUT2D eigenvalue weighted by Crippen LogP contribution is -1.95. The second kappa shape index (κ2) is 7.51. The van der Waals surface area contributed by atoms with Crippen molar-refractivity contribution in [2.45, 2.75) is 4.90 Å². The van der Waals surface area contributed by atoms with E-state index in [2.05, 4.69) is 78.9 Å². The third-order valence-electron chi connectivity index (χ3n) is 4.34. The predicted octanol–water partition coefficient (Wildman–Crippen LogP) is 6.56. The first-order valence-corrected chi connectivity index (χ1v) is 9.44. The number of hydrogen-bond acceptors (Lipinski definition) is 2. The Morgan fingerprint density at radius 1 is 0.654 bits per heavy atom. The second-order valence-electron chi connectivity index (χ2n) is 6.15. The Hall–Kier alpha value is -2.97. The number of rotatable bonds is 4. The summed E-state index contributed by atoms with van der Waals surface area (Å²) in [7, 11) is 0. The minimum absolute atomic E-state index is 0.779. The smallest absolute Gasteiger partial charge is 0.0455 e. The summed E-state index contributed by atoms with van der Waals surface area (Å²) in [6, 6.07) is 33.6. The van der Waals surface area contributed by atoms with Gasteiger partial charge in [-0.05, 0) is 57.1 Å². The molecule has 1 nitrogen and oxygen atoms in total. The highest BCUT2D eigenvalue weighted by molar-refractivity contribution is 8.02. The van der Waals surface area contributed by atoms with Crippen molar-refractivity contribution in [3.63, 3.8) is 0 Å². The van der Waals surface area contributed by atoms with Crippen molar-refractivity contribution < 1.29 is 0 Å². The topological polar surface area (TPSA) is 26.0 Å². The maximum Gasteiger partial charge on any atom is 0.0455 e. The average molecular weight is 353 g/mol. The Morgan fingerprint density at radius 2 is 1.38 bits per heavy atom. The Morgan fingerprint density at radius 3 is 2.23 bits per heavy atom. The van der Waals surface area contributed by atoms with Gasteiger partial charge in [-0.2, -0.15) is 0 Å². The lowest BCUT2D eigenvalue weighted by Gasteiger charge is -2.08. The molecule has 0 saturated heterocycles. The van der Waals surface area contributed by atoms with Crippen LogP contribution in [0.5, 0.6) is 0 Å². The Kier molecular flexibility index (Phi) is 4.76. The summed E-state index contributed by atoms with van der Waals surface area (Å²) in [4.78, 5) is 1.18. The van der Waals surface area contributed by atoms with Gasteiger partial charge in [0.2, 0.25) is 0 Å². The van der Waals surface area contributed by atoms with Crippen LogP contribution in [-0.4, -0.2) is 0 Å². The molecule has 4 aromatic carbocycles. The highest BCUT2D eigenvalue weighted by Crippen LogP contribution is 2.27. The van der Waals surface area contributed by atoms with Gasteiger partial charge in [0.25, 0.3) is 0 Å². The molecule has 0 atom stereocenters. The van der Waals surface area contributed by atoms with Gasteiger partial charge in [0.05, 0.1) is 0 Å². The predicted molar refractivity (Wildman–Crippen MR) is 114 cm³/mol. The maximum atomic E-state index is 6.32. The summed E-state index contributed by atoms with van der Waals surface area (Å²) in [6.45, 7) is 0. The van der Waals surface area contributed by atoms with Crippen LogP contribution in [0.4, 0.5) is 0 Å². The van der Waals surface area contributed by atoms with Gasteiger partial charge < -0.3 is 5.73 Å². The van der Waals surface area contributed by atoms with E-state index in [0.717, 1.165) is 11.3 Å². The molecule has 0 spiro atoms. The molecule has 0 saturated carbocycles. The molecule has 0 fully saturated rings. The molecule has 0 aliphatic heterocycles. The fourth-order valence-electron chi connectivity index (χ4n) is 2.95. The van der Waals surface area contributed by atoms with Crippen LogP contribution in [0.1, 0.15) is 5.56 Å². The summed E-state index contributed by atoms with van der Waals surface area (Å²) in [6.07, 6.45) is 0. The molecular weight excluding hydrogens is 334 g/mol. The van der Waals surface area contributed by atoms with E-state index >= 15 is 0 Å². The van der Waals surface area contributed by atoms with Gasteiger partial charge in [0, 0.05) is 10.6 Å². The van der Waals surface area contributed by atoms with Gasteiger partial charge >= 0.3 is 0 Å². The summed E-state index contributed by atoms with van der Waals surface area (Å²) in [5.74, 6) is 0. The fourth-order valence-corrected chi connectivity index (χ4v) is 3.66. The summed E-state index contributed by atoms with van der Waals surface area (Å²) < 4.78 is 0. The molecule has 0 aliphatic rings. The van der Waals surface area contributed by atoms with Gasteiger partial charge in [0.15, 0.2) is 0 Å². The molecule has 4 aromatic rings. The third kappa shape index (κ3) is 3.66. The summed E-state index contributed by atoms with van der Waals surface area (Å²) in [5.41, 5.74) is 10.5. The lowest BCUT2D eigenvalue weighted by molar-refractivity contribution is 1.47. The number of fused-ring (bicyclic) bond motifs is 1. The Balaban J connectivity index is 1.63. The van der Waals surface area contributed by atoms with Gasteiger partial charge in [-0.1, -0.05) is 84.6 Å². The van der Waals surface area contributed by atoms with E-state index in [1.54, 1.807) is 11.8 Å². The standard InChI is InChI=1S/C24H19NS/c25-24(17-26-23-11-2-1-3-12-23)22-10-6-9-20(16-22)21-14-13-18-7-4-5-8-19(18)15-21/h1-17H,25H2/b24-17-. The van der Waals surface area contributed by atoms with Crippen LogP contribution in [0.15, 0.2) is 107 Å². The van der Waals surface area contributed by atoms with Crippen molar-refractivity contribution in [1.29, 1.82) is 0 Å². The van der Waals surface area contributed by atoms with Gasteiger partial charge in [0.1, 0.15) is 0 Å². The minimum atomic E-state index is 0.779. The van der Waals surface area contributed by atoms with E-state index in [0.29, 0.717) is 0 Å². The normalized spacial score (nSPS) is 11.6.